The Hall–Kier alpha value is -2.75. The highest BCUT2D eigenvalue weighted by Gasteiger charge is 2.24. The van der Waals surface area contributed by atoms with Crippen molar-refractivity contribution in [1.29, 1.82) is 0 Å². The van der Waals surface area contributed by atoms with Gasteiger partial charge in [-0.1, -0.05) is 24.3 Å². The van der Waals surface area contributed by atoms with E-state index in [0.717, 1.165) is 37.1 Å². The number of piperazine rings is 1. The van der Waals surface area contributed by atoms with E-state index in [9.17, 15) is 4.79 Å². The Kier molecular flexibility index (Phi) is 4.19. The van der Waals surface area contributed by atoms with Crippen molar-refractivity contribution in [2.45, 2.75) is 20.8 Å². The molecular formula is C22H25N3O. The van der Waals surface area contributed by atoms with Gasteiger partial charge in [0, 0.05) is 42.8 Å². The second-order valence-electron chi connectivity index (χ2n) is 7.27. The Bertz CT molecular complexity index is 965. The van der Waals surface area contributed by atoms with E-state index in [1.54, 1.807) is 0 Å². The lowest BCUT2D eigenvalue weighted by molar-refractivity contribution is 0.0742. The first kappa shape index (κ1) is 16.7. The molecule has 1 aliphatic rings. The fourth-order valence-corrected chi connectivity index (χ4v) is 3.76. The standard InChI is InChI=1S/C22H25N3O/c1-15-7-8-18-14-20(23-19(18)13-15)22(26)25-11-9-24(10-12-25)21-6-4-5-16(2)17(21)3/h4-8,13-14,23H,9-12H2,1-3H3. The van der Waals surface area contributed by atoms with E-state index >= 15 is 0 Å². The molecule has 1 aromatic heterocycles. The van der Waals surface area contributed by atoms with Crippen LogP contribution in [0.25, 0.3) is 10.9 Å². The topological polar surface area (TPSA) is 39.3 Å². The van der Waals surface area contributed by atoms with Crippen molar-refractivity contribution in [2.75, 3.05) is 31.1 Å². The molecule has 2 aromatic carbocycles. The summed E-state index contributed by atoms with van der Waals surface area (Å²) in [4.78, 5) is 20.5. The molecule has 4 rings (SSSR count). The highest BCUT2D eigenvalue weighted by molar-refractivity contribution is 5.98. The number of fused-ring (bicyclic) bond motifs is 1. The zero-order valence-electron chi connectivity index (χ0n) is 15.7. The molecule has 0 saturated carbocycles. The number of carbonyl (C=O) groups is 1. The molecule has 26 heavy (non-hydrogen) atoms. The lowest BCUT2D eigenvalue weighted by Crippen LogP contribution is -2.49. The van der Waals surface area contributed by atoms with Gasteiger partial charge in [-0.25, -0.2) is 0 Å². The zero-order chi connectivity index (χ0) is 18.3. The molecular weight excluding hydrogens is 322 g/mol. The summed E-state index contributed by atoms with van der Waals surface area (Å²) in [6.45, 7) is 9.63. The average Bonchev–Trinajstić information content (AvgIpc) is 3.07. The number of anilines is 1. The number of hydrogen-bond acceptors (Lipinski definition) is 2. The van der Waals surface area contributed by atoms with Gasteiger partial charge in [0.15, 0.2) is 0 Å². The molecule has 1 fully saturated rings. The van der Waals surface area contributed by atoms with E-state index in [1.807, 2.05) is 11.0 Å². The first-order valence-electron chi connectivity index (χ1n) is 9.23. The summed E-state index contributed by atoms with van der Waals surface area (Å²) in [6, 6.07) is 14.6. The molecule has 0 aliphatic carbocycles. The van der Waals surface area contributed by atoms with Gasteiger partial charge in [-0.3, -0.25) is 4.79 Å². The minimum absolute atomic E-state index is 0.0967. The number of aryl methyl sites for hydroxylation is 2. The summed E-state index contributed by atoms with van der Waals surface area (Å²) < 4.78 is 0. The van der Waals surface area contributed by atoms with E-state index < -0.39 is 0 Å². The summed E-state index contributed by atoms with van der Waals surface area (Å²) in [5.41, 5.74) is 6.85. The third-order valence-electron chi connectivity index (χ3n) is 5.49. The Labute approximate surface area is 154 Å². The highest BCUT2D eigenvalue weighted by atomic mass is 16.2. The van der Waals surface area contributed by atoms with Crippen LogP contribution in [0.15, 0.2) is 42.5 Å². The van der Waals surface area contributed by atoms with Gasteiger partial charge in [0.05, 0.1) is 0 Å². The lowest BCUT2D eigenvalue weighted by atomic mass is 10.1. The summed E-state index contributed by atoms with van der Waals surface area (Å²) in [6.07, 6.45) is 0. The van der Waals surface area contributed by atoms with Gasteiger partial charge in [-0.15, -0.1) is 0 Å². The van der Waals surface area contributed by atoms with Gasteiger partial charge >= 0.3 is 0 Å². The minimum atomic E-state index is 0.0967. The summed E-state index contributed by atoms with van der Waals surface area (Å²) in [5.74, 6) is 0.0967. The van der Waals surface area contributed by atoms with Crippen LogP contribution in [-0.2, 0) is 0 Å². The number of nitrogens with one attached hydrogen (secondary N) is 1. The number of H-pyrrole nitrogens is 1. The van der Waals surface area contributed by atoms with Gasteiger partial charge in [0.2, 0.25) is 0 Å². The Morgan fingerprint density at radius 1 is 0.962 bits per heavy atom. The first-order chi connectivity index (χ1) is 12.5. The maximum atomic E-state index is 12.9. The van der Waals surface area contributed by atoms with Crippen LogP contribution in [0.1, 0.15) is 27.2 Å². The summed E-state index contributed by atoms with van der Waals surface area (Å²) >= 11 is 0. The predicted molar refractivity (Wildman–Crippen MR) is 107 cm³/mol. The molecule has 1 N–H and O–H groups in total. The maximum Gasteiger partial charge on any atom is 0.270 e. The molecule has 0 radical (unpaired) electrons. The Balaban J connectivity index is 1.48. The largest absolute Gasteiger partial charge is 0.368 e. The Morgan fingerprint density at radius 3 is 2.50 bits per heavy atom. The number of rotatable bonds is 2. The molecule has 4 nitrogen and oxygen atoms in total. The van der Waals surface area contributed by atoms with Gasteiger partial charge in [-0.05, 0) is 55.7 Å². The molecule has 3 aromatic rings. The van der Waals surface area contributed by atoms with E-state index in [2.05, 4.69) is 67.1 Å². The highest BCUT2D eigenvalue weighted by Crippen LogP contribution is 2.24. The normalized spacial score (nSPS) is 14.9. The summed E-state index contributed by atoms with van der Waals surface area (Å²) in [7, 11) is 0. The fourth-order valence-electron chi connectivity index (χ4n) is 3.76. The van der Waals surface area contributed by atoms with Crippen LogP contribution in [-0.4, -0.2) is 42.0 Å². The molecule has 2 heterocycles. The SMILES string of the molecule is Cc1ccc2cc(C(=O)N3CCN(c4cccc(C)c4C)CC3)[nH]c2c1. The van der Waals surface area contributed by atoms with Gasteiger partial charge in [-0.2, -0.15) is 0 Å². The molecule has 1 amide bonds. The molecule has 0 unspecified atom stereocenters. The first-order valence-corrected chi connectivity index (χ1v) is 9.23. The molecule has 1 saturated heterocycles. The van der Waals surface area contributed by atoms with Crippen molar-refractivity contribution in [3.63, 3.8) is 0 Å². The van der Waals surface area contributed by atoms with Crippen molar-refractivity contribution in [2.24, 2.45) is 0 Å². The van der Waals surface area contributed by atoms with Crippen LogP contribution in [0, 0.1) is 20.8 Å². The average molecular weight is 347 g/mol. The number of amides is 1. The number of hydrogen-bond donors (Lipinski definition) is 1. The van der Waals surface area contributed by atoms with Crippen molar-refractivity contribution >= 4 is 22.5 Å². The Morgan fingerprint density at radius 2 is 1.73 bits per heavy atom. The molecule has 0 spiro atoms. The molecule has 0 atom stereocenters. The van der Waals surface area contributed by atoms with Crippen LogP contribution in [0.3, 0.4) is 0 Å². The van der Waals surface area contributed by atoms with Crippen molar-refractivity contribution in [3.05, 3.63) is 64.8 Å². The van der Waals surface area contributed by atoms with Crippen LogP contribution < -0.4 is 4.90 Å². The third kappa shape index (κ3) is 2.96. The van der Waals surface area contributed by atoms with Crippen molar-refractivity contribution in [3.8, 4) is 0 Å². The second-order valence-corrected chi connectivity index (χ2v) is 7.27. The molecule has 0 bridgehead atoms. The third-order valence-corrected chi connectivity index (χ3v) is 5.49. The van der Waals surface area contributed by atoms with E-state index in [4.69, 9.17) is 0 Å². The second kappa shape index (κ2) is 6.52. The van der Waals surface area contributed by atoms with Crippen LogP contribution in [0.2, 0.25) is 0 Å². The number of nitrogens with zero attached hydrogens (tertiary/aromatic N) is 2. The number of benzene rings is 2. The molecule has 1 aliphatic heterocycles. The van der Waals surface area contributed by atoms with Gasteiger partial charge < -0.3 is 14.8 Å². The number of aromatic amines is 1. The van der Waals surface area contributed by atoms with Crippen LogP contribution in [0.5, 0.6) is 0 Å². The number of carbonyl (C=O) groups excluding carboxylic acids is 1. The minimum Gasteiger partial charge on any atom is -0.368 e. The smallest absolute Gasteiger partial charge is 0.270 e. The number of aromatic nitrogens is 1. The van der Waals surface area contributed by atoms with Crippen molar-refractivity contribution < 1.29 is 4.79 Å². The van der Waals surface area contributed by atoms with E-state index in [1.165, 1.54) is 22.4 Å². The molecule has 134 valence electrons. The molecule has 4 heteroatoms. The van der Waals surface area contributed by atoms with Crippen LogP contribution >= 0.6 is 0 Å². The quantitative estimate of drug-likeness (QED) is 0.759. The fraction of sp³-hybridized carbons (Fsp3) is 0.318. The zero-order valence-corrected chi connectivity index (χ0v) is 15.7. The maximum absolute atomic E-state index is 12.9. The van der Waals surface area contributed by atoms with E-state index in [0.29, 0.717) is 5.69 Å². The van der Waals surface area contributed by atoms with Gasteiger partial charge in [0.25, 0.3) is 5.91 Å². The van der Waals surface area contributed by atoms with Crippen molar-refractivity contribution in [1.82, 2.24) is 9.88 Å². The van der Waals surface area contributed by atoms with Gasteiger partial charge in [0.1, 0.15) is 5.69 Å². The lowest BCUT2D eigenvalue weighted by Gasteiger charge is -2.36. The monoisotopic (exact) mass is 347 g/mol. The predicted octanol–water partition coefficient (Wildman–Crippen LogP) is 4.06. The van der Waals surface area contributed by atoms with Crippen LogP contribution in [0.4, 0.5) is 5.69 Å². The summed E-state index contributed by atoms with van der Waals surface area (Å²) in [5, 5.41) is 1.09. The van der Waals surface area contributed by atoms with E-state index in [-0.39, 0.29) is 5.91 Å².